The van der Waals surface area contributed by atoms with Gasteiger partial charge < -0.3 is 10.1 Å². The van der Waals surface area contributed by atoms with Crippen LogP contribution in [0.5, 0.6) is 0 Å². The van der Waals surface area contributed by atoms with Crippen LogP contribution in [0.15, 0.2) is 30.5 Å². The molecule has 0 spiro atoms. The van der Waals surface area contributed by atoms with E-state index in [1.165, 1.54) is 0 Å². The van der Waals surface area contributed by atoms with E-state index in [0.717, 1.165) is 22.8 Å². The van der Waals surface area contributed by atoms with Crippen LogP contribution in [0.1, 0.15) is 22.3 Å². The molecule has 4 heteroatoms. The first-order valence-electron chi connectivity index (χ1n) is 5.15. The Morgan fingerprint density at radius 1 is 1.41 bits per heavy atom. The van der Waals surface area contributed by atoms with Crippen LogP contribution < -0.4 is 0 Å². The lowest BCUT2D eigenvalue weighted by Crippen LogP contribution is -1.89. The number of fused-ring (bicyclic) bond motifs is 1. The summed E-state index contributed by atoms with van der Waals surface area (Å²) in [6.45, 7) is 0. The zero-order valence-electron chi connectivity index (χ0n) is 9.01. The third-order valence-corrected chi connectivity index (χ3v) is 2.47. The molecule has 1 aromatic carbocycles. The number of H-pyrrole nitrogens is 1. The number of hydrogen-bond acceptors (Lipinski definition) is 2. The van der Waals surface area contributed by atoms with Crippen LogP contribution in [0.25, 0.3) is 17.0 Å². The quantitative estimate of drug-likeness (QED) is 0.791. The van der Waals surface area contributed by atoms with E-state index in [4.69, 9.17) is 5.11 Å². The van der Waals surface area contributed by atoms with Crippen LogP contribution in [0, 0.1) is 0 Å². The largest absolute Gasteiger partial charge is 0.481 e. The van der Waals surface area contributed by atoms with Gasteiger partial charge in [0.25, 0.3) is 0 Å². The van der Waals surface area contributed by atoms with Crippen molar-refractivity contribution in [3.63, 3.8) is 0 Å². The number of aliphatic carboxylic acids is 1. The van der Waals surface area contributed by atoms with Crippen LogP contribution >= 0.6 is 0 Å². The van der Waals surface area contributed by atoms with E-state index in [1.54, 1.807) is 18.3 Å². The molecule has 0 saturated heterocycles. The summed E-state index contributed by atoms with van der Waals surface area (Å²) in [5.74, 6) is -0.863. The maximum absolute atomic E-state index is 10.8. The molecule has 17 heavy (non-hydrogen) atoms. The SMILES string of the molecule is O=Cc1c[nH]c2ccc(C=CCC(=O)O)cc12. The van der Waals surface area contributed by atoms with Crippen molar-refractivity contribution >= 4 is 29.2 Å². The van der Waals surface area contributed by atoms with E-state index in [0.29, 0.717) is 5.56 Å². The zero-order valence-corrected chi connectivity index (χ0v) is 9.01. The Morgan fingerprint density at radius 3 is 2.94 bits per heavy atom. The fraction of sp³-hybridized carbons (Fsp3) is 0.0769. The van der Waals surface area contributed by atoms with Gasteiger partial charge in [0.1, 0.15) is 0 Å². The fourth-order valence-corrected chi connectivity index (χ4v) is 1.66. The van der Waals surface area contributed by atoms with Gasteiger partial charge in [-0.3, -0.25) is 9.59 Å². The lowest BCUT2D eigenvalue weighted by molar-refractivity contribution is -0.135. The molecular weight excluding hydrogens is 218 g/mol. The first-order chi connectivity index (χ1) is 8.20. The highest BCUT2D eigenvalue weighted by Crippen LogP contribution is 2.19. The molecular formula is C13H11NO3. The van der Waals surface area contributed by atoms with Crippen molar-refractivity contribution in [2.24, 2.45) is 0 Å². The Labute approximate surface area is 97.6 Å². The van der Waals surface area contributed by atoms with Gasteiger partial charge in [-0.1, -0.05) is 18.2 Å². The van der Waals surface area contributed by atoms with Gasteiger partial charge in [0.2, 0.25) is 0 Å². The van der Waals surface area contributed by atoms with Crippen LogP contribution in [0.4, 0.5) is 0 Å². The molecule has 0 amide bonds. The van der Waals surface area contributed by atoms with E-state index >= 15 is 0 Å². The number of aromatic amines is 1. The van der Waals surface area contributed by atoms with Gasteiger partial charge in [0.15, 0.2) is 6.29 Å². The summed E-state index contributed by atoms with van der Waals surface area (Å²) >= 11 is 0. The molecule has 0 aliphatic rings. The number of carbonyl (C=O) groups is 2. The van der Waals surface area contributed by atoms with Gasteiger partial charge >= 0.3 is 5.97 Å². The molecule has 0 bridgehead atoms. The average Bonchev–Trinajstić information content (AvgIpc) is 2.70. The van der Waals surface area contributed by atoms with Gasteiger partial charge in [0.05, 0.1) is 6.42 Å². The standard InChI is InChI=1S/C13H11NO3/c15-8-10-7-14-12-5-4-9(6-11(10)12)2-1-3-13(16)17/h1-2,4-8,14H,3H2,(H,16,17). The average molecular weight is 229 g/mol. The Balaban J connectivity index is 2.33. The van der Waals surface area contributed by atoms with Crippen molar-refractivity contribution in [2.45, 2.75) is 6.42 Å². The predicted octanol–water partition coefficient (Wildman–Crippen LogP) is 2.47. The number of aromatic nitrogens is 1. The number of nitrogens with one attached hydrogen (secondary N) is 1. The minimum absolute atomic E-state index is 0.00822. The van der Waals surface area contributed by atoms with Gasteiger partial charge in [-0.2, -0.15) is 0 Å². The summed E-state index contributed by atoms with van der Waals surface area (Å²) < 4.78 is 0. The summed E-state index contributed by atoms with van der Waals surface area (Å²) in [6.07, 6.45) is 5.75. The fourth-order valence-electron chi connectivity index (χ4n) is 1.66. The van der Waals surface area contributed by atoms with Crippen LogP contribution in [-0.4, -0.2) is 22.3 Å². The van der Waals surface area contributed by atoms with Crippen molar-refractivity contribution in [3.8, 4) is 0 Å². The molecule has 4 nitrogen and oxygen atoms in total. The summed E-state index contributed by atoms with van der Waals surface area (Å²) in [5.41, 5.74) is 2.37. The molecule has 0 fully saturated rings. The minimum Gasteiger partial charge on any atom is -0.481 e. The Kier molecular flexibility index (Phi) is 3.05. The molecule has 0 aliphatic heterocycles. The van der Waals surface area contributed by atoms with E-state index < -0.39 is 5.97 Å². The second kappa shape index (κ2) is 4.65. The number of aldehydes is 1. The van der Waals surface area contributed by atoms with E-state index in [1.807, 2.05) is 18.2 Å². The predicted molar refractivity (Wildman–Crippen MR) is 65.0 cm³/mol. The summed E-state index contributed by atoms with van der Waals surface area (Å²) in [5, 5.41) is 9.35. The highest BCUT2D eigenvalue weighted by Gasteiger charge is 2.02. The smallest absolute Gasteiger partial charge is 0.307 e. The molecule has 86 valence electrons. The first kappa shape index (κ1) is 11.1. The molecule has 1 heterocycles. The summed E-state index contributed by atoms with van der Waals surface area (Å²) in [4.78, 5) is 24.1. The van der Waals surface area contributed by atoms with Crippen molar-refractivity contribution < 1.29 is 14.7 Å². The maximum Gasteiger partial charge on any atom is 0.307 e. The van der Waals surface area contributed by atoms with Crippen molar-refractivity contribution in [1.82, 2.24) is 4.98 Å². The van der Waals surface area contributed by atoms with Gasteiger partial charge in [-0.25, -0.2) is 0 Å². The molecule has 1 aromatic heterocycles. The number of carboxylic acids is 1. The van der Waals surface area contributed by atoms with Crippen molar-refractivity contribution in [2.75, 3.05) is 0 Å². The van der Waals surface area contributed by atoms with E-state index in [2.05, 4.69) is 4.98 Å². The number of rotatable bonds is 4. The van der Waals surface area contributed by atoms with E-state index in [9.17, 15) is 9.59 Å². The number of hydrogen-bond donors (Lipinski definition) is 2. The number of benzene rings is 1. The van der Waals surface area contributed by atoms with Gasteiger partial charge in [-0.05, 0) is 17.7 Å². The van der Waals surface area contributed by atoms with Crippen molar-refractivity contribution in [1.29, 1.82) is 0 Å². The highest BCUT2D eigenvalue weighted by molar-refractivity contribution is 5.98. The van der Waals surface area contributed by atoms with Crippen molar-refractivity contribution in [3.05, 3.63) is 41.6 Å². The number of carboxylic acid groups (broad SMARTS) is 1. The molecule has 0 atom stereocenters. The molecule has 0 aliphatic carbocycles. The van der Waals surface area contributed by atoms with E-state index in [-0.39, 0.29) is 6.42 Å². The Bertz CT molecular complexity index is 596. The summed E-state index contributed by atoms with van der Waals surface area (Å²) in [7, 11) is 0. The molecule has 0 radical (unpaired) electrons. The third kappa shape index (κ3) is 2.42. The van der Waals surface area contributed by atoms with Crippen LogP contribution in [-0.2, 0) is 4.79 Å². The highest BCUT2D eigenvalue weighted by atomic mass is 16.4. The maximum atomic E-state index is 10.8. The van der Waals surface area contributed by atoms with Crippen LogP contribution in [0.2, 0.25) is 0 Å². The van der Waals surface area contributed by atoms with Gasteiger partial charge in [-0.15, -0.1) is 0 Å². The Hall–Kier alpha value is -2.36. The topological polar surface area (TPSA) is 70.2 Å². The minimum atomic E-state index is -0.863. The molecule has 2 N–H and O–H groups in total. The molecule has 0 saturated carbocycles. The lowest BCUT2D eigenvalue weighted by atomic mass is 10.1. The molecule has 2 aromatic rings. The lowest BCUT2D eigenvalue weighted by Gasteiger charge is -1.95. The monoisotopic (exact) mass is 229 g/mol. The normalized spacial score (nSPS) is 11.1. The van der Waals surface area contributed by atoms with Crippen LogP contribution in [0.3, 0.4) is 0 Å². The second-order valence-electron chi connectivity index (χ2n) is 3.67. The third-order valence-electron chi connectivity index (χ3n) is 2.47. The Morgan fingerprint density at radius 2 is 2.24 bits per heavy atom. The van der Waals surface area contributed by atoms with Gasteiger partial charge in [0, 0.05) is 22.7 Å². The summed E-state index contributed by atoms with van der Waals surface area (Å²) in [6, 6.07) is 5.59. The first-order valence-corrected chi connectivity index (χ1v) is 5.15. The number of carbonyl (C=O) groups excluding carboxylic acids is 1. The molecule has 0 unspecified atom stereocenters. The second-order valence-corrected chi connectivity index (χ2v) is 3.67. The molecule has 2 rings (SSSR count). The zero-order chi connectivity index (χ0) is 12.3.